The molecule has 0 unspecified atom stereocenters. The topological polar surface area (TPSA) is 21.3 Å². The molecule has 2 nitrogen and oxygen atoms in total. The first-order valence-corrected chi connectivity index (χ1v) is 11.7. The summed E-state index contributed by atoms with van der Waals surface area (Å²) in [5.41, 5.74) is 1.82. The molecule has 0 spiro atoms. The highest BCUT2D eigenvalue weighted by atomic mass is 28.4. The van der Waals surface area contributed by atoms with Crippen LogP contribution in [-0.4, -0.2) is 20.5 Å². The second kappa shape index (κ2) is 6.94. The van der Waals surface area contributed by atoms with E-state index in [2.05, 4.69) is 39.2 Å². The van der Waals surface area contributed by atoms with E-state index in [1.165, 1.54) is 12.8 Å². The van der Waals surface area contributed by atoms with E-state index in [0.29, 0.717) is 0 Å². The van der Waals surface area contributed by atoms with Crippen LogP contribution < -0.4 is 5.32 Å². The third kappa shape index (κ3) is 4.80. The lowest BCUT2D eigenvalue weighted by atomic mass is 9.92. The Bertz CT molecular complexity index is 518. The Morgan fingerprint density at radius 3 is 2.39 bits per heavy atom. The van der Waals surface area contributed by atoms with Gasteiger partial charge >= 0.3 is 0 Å². The van der Waals surface area contributed by atoms with E-state index in [4.69, 9.17) is 4.43 Å². The van der Waals surface area contributed by atoms with Gasteiger partial charge in [0.15, 0.2) is 8.32 Å². The van der Waals surface area contributed by atoms with Crippen molar-refractivity contribution in [3.05, 3.63) is 29.6 Å². The molecule has 0 amide bonds. The van der Waals surface area contributed by atoms with Gasteiger partial charge < -0.3 is 9.74 Å². The largest absolute Gasteiger partial charge is 0.412 e. The van der Waals surface area contributed by atoms with Gasteiger partial charge in [-0.25, -0.2) is 4.39 Å². The van der Waals surface area contributed by atoms with Gasteiger partial charge in [0.05, 0.1) is 12.1 Å². The number of benzene rings is 1. The highest BCUT2D eigenvalue weighted by Crippen LogP contribution is 2.39. The molecule has 1 aromatic rings. The van der Waals surface area contributed by atoms with Crippen LogP contribution in [0.4, 0.5) is 10.1 Å². The van der Waals surface area contributed by atoms with Gasteiger partial charge in [-0.2, -0.15) is 0 Å². The number of aryl methyl sites for hydroxylation is 1. The summed E-state index contributed by atoms with van der Waals surface area (Å²) in [5.74, 6) is -0.176. The van der Waals surface area contributed by atoms with Gasteiger partial charge in [0.25, 0.3) is 0 Å². The number of nitrogens with one attached hydrogen (secondary N) is 1. The average Bonchev–Trinajstić information content (AvgIpc) is 2.38. The summed E-state index contributed by atoms with van der Waals surface area (Å²) in [6.07, 6.45) is 4.85. The maximum absolute atomic E-state index is 13.6. The van der Waals surface area contributed by atoms with E-state index < -0.39 is 8.32 Å². The van der Waals surface area contributed by atoms with Crippen molar-refractivity contribution < 1.29 is 8.82 Å². The van der Waals surface area contributed by atoms with Crippen molar-refractivity contribution in [2.24, 2.45) is 0 Å². The van der Waals surface area contributed by atoms with Crippen molar-refractivity contribution in [2.45, 2.75) is 83.7 Å². The Morgan fingerprint density at radius 2 is 1.78 bits per heavy atom. The van der Waals surface area contributed by atoms with Crippen LogP contribution in [0.25, 0.3) is 0 Å². The van der Waals surface area contributed by atoms with Crippen molar-refractivity contribution in [1.82, 2.24) is 0 Å². The summed E-state index contributed by atoms with van der Waals surface area (Å²) in [4.78, 5) is 0. The predicted molar refractivity (Wildman–Crippen MR) is 99.1 cm³/mol. The van der Waals surface area contributed by atoms with Gasteiger partial charge in [0.2, 0.25) is 0 Å². The van der Waals surface area contributed by atoms with E-state index in [1.807, 2.05) is 13.0 Å². The van der Waals surface area contributed by atoms with Crippen molar-refractivity contribution in [1.29, 1.82) is 0 Å². The molecule has 1 saturated carbocycles. The van der Waals surface area contributed by atoms with Gasteiger partial charge in [-0.15, -0.1) is 0 Å². The van der Waals surface area contributed by atoms with Gasteiger partial charge in [-0.1, -0.05) is 33.6 Å². The van der Waals surface area contributed by atoms with Crippen molar-refractivity contribution in [2.75, 3.05) is 5.32 Å². The molecule has 130 valence electrons. The van der Waals surface area contributed by atoms with Gasteiger partial charge in [-0.05, 0) is 61.7 Å². The Hall–Kier alpha value is -0.873. The Morgan fingerprint density at radius 1 is 1.13 bits per heavy atom. The lowest BCUT2D eigenvalue weighted by Gasteiger charge is -2.43. The predicted octanol–water partition coefficient (Wildman–Crippen LogP) is 5.88. The minimum atomic E-state index is -1.79. The highest BCUT2D eigenvalue weighted by molar-refractivity contribution is 6.74. The Labute approximate surface area is 142 Å². The number of hydrogen-bond acceptors (Lipinski definition) is 2. The number of hydrogen-bond donors (Lipinski definition) is 1. The molecule has 0 heterocycles. The Balaban J connectivity index is 2.12. The summed E-state index contributed by atoms with van der Waals surface area (Å²) in [7, 11) is -1.79. The molecule has 0 aliphatic heterocycles. The molecule has 0 saturated heterocycles. The summed E-state index contributed by atoms with van der Waals surface area (Å²) >= 11 is 0. The summed E-state index contributed by atoms with van der Waals surface area (Å²) in [6, 6.07) is 5.45. The molecular weight excluding hydrogens is 305 g/mol. The molecule has 0 aromatic heterocycles. The van der Waals surface area contributed by atoms with Crippen molar-refractivity contribution in [3.63, 3.8) is 0 Å². The monoisotopic (exact) mass is 337 g/mol. The molecule has 1 aromatic carbocycles. The van der Waals surface area contributed by atoms with Crippen molar-refractivity contribution >= 4 is 14.0 Å². The van der Waals surface area contributed by atoms with Crippen LogP contribution in [0.1, 0.15) is 52.0 Å². The summed E-state index contributed by atoms with van der Waals surface area (Å²) in [5, 5.41) is 3.76. The zero-order valence-corrected chi connectivity index (χ0v) is 16.5. The SMILES string of the molecule is Cc1cc(F)cc(N[C@@H]2CCCC[C@H]2O[Si](C)(C)C(C)(C)C)c1. The summed E-state index contributed by atoms with van der Waals surface area (Å²) in [6.45, 7) is 13.4. The van der Waals surface area contributed by atoms with Crippen LogP contribution in [0.5, 0.6) is 0 Å². The summed E-state index contributed by atoms with van der Waals surface area (Å²) < 4.78 is 20.3. The fraction of sp³-hybridized carbons (Fsp3) is 0.684. The zero-order valence-electron chi connectivity index (χ0n) is 15.5. The smallest absolute Gasteiger partial charge is 0.192 e. The maximum Gasteiger partial charge on any atom is 0.192 e. The fourth-order valence-electron chi connectivity index (χ4n) is 2.99. The first-order chi connectivity index (χ1) is 10.6. The minimum absolute atomic E-state index is 0.176. The van der Waals surface area contributed by atoms with E-state index in [0.717, 1.165) is 24.1 Å². The van der Waals surface area contributed by atoms with E-state index >= 15 is 0 Å². The lowest BCUT2D eigenvalue weighted by Crippen LogP contribution is -2.49. The number of anilines is 1. The van der Waals surface area contributed by atoms with Crippen LogP contribution in [0.3, 0.4) is 0 Å². The molecule has 1 fully saturated rings. The minimum Gasteiger partial charge on any atom is -0.412 e. The van der Waals surface area contributed by atoms with Gasteiger partial charge in [0.1, 0.15) is 5.82 Å². The lowest BCUT2D eigenvalue weighted by molar-refractivity contribution is 0.124. The van der Waals surface area contributed by atoms with Gasteiger partial charge in [-0.3, -0.25) is 0 Å². The first-order valence-electron chi connectivity index (χ1n) is 8.80. The van der Waals surface area contributed by atoms with Crippen LogP contribution in [0.2, 0.25) is 18.1 Å². The van der Waals surface area contributed by atoms with E-state index in [-0.39, 0.29) is 23.0 Å². The quantitative estimate of drug-likeness (QED) is 0.693. The fourth-order valence-corrected chi connectivity index (χ4v) is 4.38. The molecule has 23 heavy (non-hydrogen) atoms. The Kier molecular flexibility index (Phi) is 5.57. The third-order valence-electron chi connectivity index (χ3n) is 5.35. The van der Waals surface area contributed by atoms with E-state index in [1.54, 1.807) is 12.1 Å². The molecule has 2 rings (SSSR count). The van der Waals surface area contributed by atoms with Crippen LogP contribution in [0.15, 0.2) is 18.2 Å². The molecule has 0 bridgehead atoms. The highest BCUT2D eigenvalue weighted by Gasteiger charge is 2.41. The molecule has 0 radical (unpaired) electrons. The molecular formula is C19H32FNOSi. The number of halogens is 1. The van der Waals surface area contributed by atoms with Gasteiger partial charge in [0, 0.05) is 5.69 Å². The zero-order chi connectivity index (χ0) is 17.3. The first kappa shape index (κ1) is 18.5. The second-order valence-electron chi connectivity index (χ2n) is 8.47. The molecule has 1 aliphatic carbocycles. The average molecular weight is 338 g/mol. The molecule has 4 heteroatoms. The molecule has 1 aliphatic rings. The standard InChI is InChI=1S/C19H32FNOSi/c1-14-11-15(20)13-16(12-14)21-17-9-7-8-10-18(17)22-23(5,6)19(2,3)4/h11-13,17-18,21H,7-10H2,1-6H3/t17-,18-/m1/s1. The van der Waals surface area contributed by atoms with Crippen molar-refractivity contribution in [3.8, 4) is 0 Å². The maximum atomic E-state index is 13.6. The van der Waals surface area contributed by atoms with Crippen LogP contribution in [-0.2, 0) is 4.43 Å². The number of rotatable bonds is 4. The molecule has 1 N–H and O–H groups in total. The molecule has 2 atom stereocenters. The van der Waals surface area contributed by atoms with Crippen LogP contribution >= 0.6 is 0 Å². The van der Waals surface area contributed by atoms with Crippen LogP contribution in [0, 0.1) is 12.7 Å². The van der Waals surface area contributed by atoms with E-state index in [9.17, 15) is 4.39 Å². The third-order valence-corrected chi connectivity index (χ3v) is 9.85. The second-order valence-corrected chi connectivity index (χ2v) is 13.2. The normalized spacial score (nSPS) is 22.9.